The Balaban J connectivity index is 1.12. The molecule has 10 nitrogen and oxygen atoms in total. The smallest absolute Gasteiger partial charge is 0.158 e. The lowest BCUT2D eigenvalue weighted by atomic mass is 10.0. The highest BCUT2D eigenvalue weighted by Crippen LogP contribution is 2.37. The summed E-state index contributed by atoms with van der Waals surface area (Å²) >= 11 is 0. The number of piperazine rings is 1. The largest absolute Gasteiger partial charge is 0.494 e. The number of nitrogens with one attached hydrogen (secondary N) is 1. The average molecular weight is 573 g/mol. The van der Waals surface area contributed by atoms with E-state index in [-0.39, 0.29) is 6.04 Å². The van der Waals surface area contributed by atoms with Crippen molar-refractivity contribution < 1.29 is 9.57 Å². The van der Waals surface area contributed by atoms with E-state index in [4.69, 9.17) is 9.57 Å². The number of likely N-dealkylation sites (N-methyl/N-ethyl adjacent to an activating group) is 1. The lowest BCUT2D eigenvalue weighted by molar-refractivity contribution is 0.0982. The van der Waals surface area contributed by atoms with Crippen molar-refractivity contribution in [2.24, 2.45) is 0 Å². The third-order valence-corrected chi connectivity index (χ3v) is 8.89. The minimum Gasteiger partial charge on any atom is -0.494 e. The molecule has 0 radical (unpaired) electrons. The first-order valence-electron chi connectivity index (χ1n) is 15.1. The summed E-state index contributed by atoms with van der Waals surface area (Å²) in [6, 6.07) is 17.7. The number of hydrogen-bond acceptors (Lipinski definition) is 10. The van der Waals surface area contributed by atoms with Crippen molar-refractivity contribution in [1.82, 2.24) is 19.8 Å². The van der Waals surface area contributed by atoms with Crippen LogP contribution in [-0.4, -0.2) is 99.9 Å². The molecule has 3 fully saturated rings. The van der Waals surface area contributed by atoms with E-state index >= 15 is 0 Å². The zero-order valence-electron chi connectivity index (χ0n) is 25.4. The monoisotopic (exact) mass is 572 g/mol. The van der Waals surface area contributed by atoms with E-state index in [9.17, 15) is 0 Å². The van der Waals surface area contributed by atoms with Gasteiger partial charge in [-0.2, -0.15) is 0 Å². The Bertz CT molecular complexity index is 1340. The SMILES string of the molecule is COc1cc(N2CCC(N3CCN(C)CC3)CC2)ccc1Nc1cc(N2OCC[C@@H]2c2cccc(N(C)C)c2)ncn1. The molecule has 1 N–H and O–H groups in total. The summed E-state index contributed by atoms with van der Waals surface area (Å²) in [6.07, 6.45) is 4.88. The van der Waals surface area contributed by atoms with Crippen LogP contribution >= 0.6 is 0 Å². The standard InChI is InChI=1S/C32H44N8O2/c1-36(2)26-7-5-6-24(20-26)29-12-19-42-40(29)32-22-31(33-23-34-32)35-28-9-8-27(21-30(28)41-4)38-13-10-25(11-14-38)39-17-15-37(3)16-18-39/h5-9,20-23,25,29H,10-19H2,1-4H3,(H,33,34,35)/t29-/m1/s1. The molecule has 224 valence electrons. The van der Waals surface area contributed by atoms with Crippen molar-refractivity contribution in [3.8, 4) is 5.75 Å². The summed E-state index contributed by atoms with van der Waals surface area (Å²) in [6.45, 7) is 7.51. The van der Waals surface area contributed by atoms with Crippen LogP contribution in [-0.2, 0) is 4.84 Å². The van der Waals surface area contributed by atoms with Gasteiger partial charge in [-0.3, -0.25) is 9.74 Å². The molecule has 0 unspecified atom stereocenters. The fourth-order valence-corrected chi connectivity index (χ4v) is 6.34. The molecule has 2 aromatic carbocycles. The van der Waals surface area contributed by atoms with E-state index in [2.05, 4.69) is 98.5 Å². The number of anilines is 5. The highest BCUT2D eigenvalue weighted by Gasteiger charge is 2.30. The number of piperidine rings is 1. The number of benzene rings is 2. The third-order valence-electron chi connectivity index (χ3n) is 8.89. The van der Waals surface area contributed by atoms with E-state index in [1.165, 1.54) is 56.0 Å². The lowest BCUT2D eigenvalue weighted by Gasteiger charge is -2.42. The molecule has 10 heteroatoms. The van der Waals surface area contributed by atoms with Crippen LogP contribution in [0.15, 0.2) is 54.9 Å². The summed E-state index contributed by atoms with van der Waals surface area (Å²) in [5, 5.41) is 5.37. The molecule has 42 heavy (non-hydrogen) atoms. The quantitative estimate of drug-likeness (QED) is 0.420. The highest BCUT2D eigenvalue weighted by atomic mass is 16.7. The van der Waals surface area contributed by atoms with Crippen molar-refractivity contribution in [1.29, 1.82) is 0 Å². The van der Waals surface area contributed by atoms with Crippen LogP contribution in [0, 0.1) is 0 Å². The first-order chi connectivity index (χ1) is 20.5. The minimum absolute atomic E-state index is 0.0851. The van der Waals surface area contributed by atoms with Crippen molar-refractivity contribution in [3.63, 3.8) is 0 Å². The maximum atomic E-state index is 6.06. The fraction of sp³-hybridized carbons (Fsp3) is 0.500. The van der Waals surface area contributed by atoms with Crippen molar-refractivity contribution in [2.75, 3.05) is 94.3 Å². The Morgan fingerprint density at radius 1 is 0.929 bits per heavy atom. The third kappa shape index (κ3) is 6.25. The maximum absolute atomic E-state index is 6.06. The zero-order valence-corrected chi connectivity index (χ0v) is 25.4. The van der Waals surface area contributed by atoms with Gasteiger partial charge in [-0.25, -0.2) is 15.0 Å². The predicted octanol–water partition coefficient (Wildman–Crippen LogP) is 4.39. The average Bonchev–Trinajstić information content (AvgIpc) is 3.52. The molecule has 0 saturated carbocycles. The van der Waals surface area contributed by atoms with Crippen LogP contribution < -0.4 is 24.9 Å². The van der Waals surface area contributed by atoms with Gasteiger partial charge in [0.15, 0.2) is 5.82 Å². The molecule has 0 aliphatic carbocycles. The van der Waals surface area contributed by atoms with E-state index < -0.39 is 0 Å². The van der Waals surface area contributed by atoms with Crippen LogP contribution in [0.25, 0.3) is 0 Å². The lowest BCUT2D eigenvalue weighted by Crippen LogP contribution is -2.52. The van der Waals surface area contributed by atoms with E-state index in [0.717, 1.165) is 36.8 Å². The van der Waals surface area contributed by atoms with Crippen molar-refractivity contribution >= 4 is 28.7 Å². The topological polar surface area (TPSA) is 72.5 Å². The molecule has 0 spiro atoms. The van der Waals surface area contributed by atoms with Crippen LogP contribution in [0.4, 0.5) is 28.7 Å². The molecule has 3 aliphatic heterocycles. The van der Waals surface area contributed by atoms with E-state index in [0.29, 0.717) is 18.5 Å². The summed E-state index contributed by atoms with van der Waals surface area (Å²) in [4.78, 5) is 24.8. The Morgan fingerprint density at radius 2 is 1.74 bits per heavy atom. The number of ether oxygens (including phenoxy) is 1. The van der Waals surface area contributed by atoms with Crippen LogP contribution in [0.1, 0.15) is 30.9 Å². The van der Waals surface area contributed by atoms with Gasteiger partial charge < -0.3 is 24.8 Å². The number of rotatable bonds is 8. The molecular weight excluding hydrogens is 528 g/mol. The Labute approximate surface area is 249 Å². The second-order valence-electron chi connectivity index (χ2n) is 11.8. The maximum Gasteiger partial charge on any atom is 0.158 e. The van der Waals surface area contributed by atoms with E-state index in [1.807, 2.05) is 11.1 Å². The highest BCUT2D eigenvalue weighted by molar-refractivity contribution is 5.70. The summed E-state index contributed by atoms with van der Waals surface area (Å²) in [7, 11) is 8.06. The molecule has 3 aliphatic rings. The minimum atomic E-state index is 0.0851. The molecule has 0 bridgehead atoms. The van der Waals surface area contributed by atoms with Crippen molar-refractivity contribution in [2.45, 2.75) is 31.3 Å². The van der Waals surface area contributed by atoms with Gasteiger partial charge in [0.25, 0.3) is 0 Å². The van der Waals surface area contributed by atoms with Gasteiger partial charge in [-0.05, 0) is 49.7 Å². The zero-order chi connectivity index (χ0) is 29.1. The normalized spacial score (nSPS) is 20.6. The van der Waals surface area contributed by atoms with Crippen LogP contribution in [0.3, 0.4) is 0 Å². The predicted molar refractivity (Wildman–Crippen MR) is 169 cm³/mol. The van der Waals surface area contributed by atoms with Gasteiger partial charge in [0.2, 0.25) is 0 Å². The molecule has 6 rings (SSSR count). The number of hydrogen-bond donors (Lipinski definition) is 1. The first-order valence-corrected chi connectivity index (χ1v) is 15.1. The molecule has 0 amide bonds. The molecular formula is C32H44N8O2. The number of nitrogens with zero attached hydrogens (tertiary/aromatic N) is 7. The first kappa shape index (κ1) is 28.5. The van der Waals surface area contributed by atoms with Crippen LogP contribution in [0.5, 0.6) is 5.75 Å². The van der Waals surface area contributed by atoms with Gasteiger partial charge in [0, 0.05) is 89.3 Å². The second kappa shape index (κ2) is 12.7. The molecule has 4 heterocycles. The number of hydroxylamine groups is 1. The molecule has 3 saturated heterocycles. The Hall–Kier alpha value is -3.60. The summed E-state index contributed by atoms with van der Waals surface area (Å²) in [5.74, 6) is 2.21. The van der Waals surface area contributed by atoms with Gasteiger partial charge in [-0.15, -0.1) is 0 Å². The van der Waals surface area contributed by atoms with Gasteiger partial charge in [0.1, 0.15) is 17.9 Å². The Kier molecular flexibility index (Phi) is 8.64. The molecule has 1 atom stereocenters. The second-order valence-corrected chi connectivity index (χ2v) is 11.8. The molecule has 1 aromatic heterocycles. The summed E-state index contributed by atoms with van der Waals surface area (Å²) in [5.41, 5.74) is 4.44. The van der Waals surface area contributed by atoms with Crippen molar-refractivity contribution in [3.05, 3.63) is 60.4 Å². The van der Waals surface area contributed by atoms with Crippen LogP contribution in [0.2, 0.25) is 0 Å². The van der Waals surface area contributed by atoms with E-state index in [1.54, 1.807) is 13.4 Å². The fourth-order valence-electron chi connectivity index (χ4n) is 6.34. The van der Waals surface area contributed by atoms with Gasteiger partial charge >= 0.3 is 0 Å². The Morgan fingerprint density at radius 3 is 2.50 bits per heavy atom. The summed E-state index contributed by atoms with van der Waals surface area (Å²) < 4.78 is 5.83. The number of aromatic nitrogens is 2. The number of methoxy groups -OCH3 is 1. The van der Waals surface area contributed by atoms with Gasteiger partial charge in [0.05, 0.1) is 25.4 Å². The molecule has 3 aromatic rings. The van der Waals surface area contributed by atoms with Gasteiger partial charge in [-0.1, -0.05) is 12.1 Å².